The second kappa shape index (κ2) is 8.95. The van der Waals surface area contributed by atoms with Crippen molar-refractivity contribution < 1.29 is 4.74 Å². The van der Waals surface area contributed by atoms with Gasteiger partial charge >= 0.3 is 0 Å². The van der Waals surface area contributed by atoms with E-state index >= 15 is 0 Å². The molecule has 26 heavy (non-hydrogen) atoms. The Morgan fingerprint density at radius 2 is 2.08 bits per heavy atom. The van der Waals surface area contributed by atoms with E-state index in [-0.39, 0.29) is 0 Å². The van der Waals surface area contributed by atoms with Crippen LogP contribution in [0.2, 0.25) is 0 Å². The topological polar surface area (TPSA) is 28.1 Å². The van der Waals surface area contributed by atoms with Gasteiger partial charge in [-0.05, 0) is 30.4 Å². The van der Waals surface area contributed by atoms with Crippen molar-refractivity contribution in [2.45, 2.75) is 25.7 Å². The first-order chi connectivity index (χ1) is 12.5. The summed E-state index contributed by atoms with van der Waals surface area (Å²) in [5, 5.41) is 1.02. The number of methoxy groups -OCH3 is 1. The number of aliphatic imine (C=N–C) groups is 1. The molecule has 1 spiro atoms. The molecule has 142 valence electrons. The van der Waals surface area contributed by atoms with E-state index in [1.54, 1.807) is 18.9 Å². The lowest BCUT2D eigenvalue weighted by molar-refractivity contribution is 0.259. The highest BCUT2D eigenvalue weighted by Gasteiger charge is 2.41. The van der Waals surface area contributed by atoms with Gasteiger partial charge in [-0.1, -0.05) is 60.7 Å². The number of benzene rings is 1. The molecular weight excluding hydrogens is 382 g/mol. The predicted molar refractivity (Wildman–Crippen MR) is 120 cm³/mol. The van der Waals surface area contributed by atoms with Gasteiger partial charge in [-0.25, -0.2) is 4.99 Å². The van der Waals surface area contributed by atoms with Crippen molar-refractivity contribution in [3.63, 3.8) is 0 Å². The summed E-state index contributed by atoms with van der Waals surface area (Å²) in [6.45, 7) is 0.985. The van der Waals surface area contributed by atoms with Crippen molar-refractivity contribution in [1.29, 1.82) is 0 Å². The molecule has 0 aromatic heterocycles. The number of para-hydroxylation sites is 2. The van der Waals surface area contributed by atoms with E-state index in [0.29, 0.717) is 11.4 Å². The monoisotopic (exact) mass is 409 g/mol. The molecule has 1 aliphatic heterocycles. The molecule has 3 rings (SSSR count). The molecule has 2 fully saturated rings. The van der Waals surface area contributed by atoms with Crippen LogP contribution in [0, 0.1) is 5.41 Å². The third-order valence-corrected chi connectivity index (χ3v) is 7.72. The Morgan fingerprint density at radius 3 is 2.77 bits per heavy atom. The first-order valence-electron chi connectivity index (χ1n) is 8.96. The highest BCUT2D eigenvalue weighted by Crippen LogP contribution is 2.46. The Balaban J connectivity index is 1.89. The maximum Gasteiger partial charge on any atom is 0.170 e. The highest BCUT2D eigenvalue weighted by molar-refractivity contribution is 8.23. The molecule has 0 radical (unpaired) electrons. The number of ether oxygens (including phenoxy) is 1. The summed E-state index contributed by atoms with van der Waals surface area (Å²) in [6, 6.07) is 8.28. The summed E-state index contributed by atoms with van der Waals surface area (Å²) in [5.74, 6) is 1.72. The van der Waals surface area contributed by atoms with Crippen LogP contribution in [0.3, 0.4) is 0 Å². The SMILES string of the molecule is COCSC(=S)N1CC2(CCCC2)CSC1=Nc1ccccc1N(C)C. The normalized spacial score (nSPS) is 20.7. The average molecular weight is 410 g/mol. The maximum absolute atomic E-state index is 5.74. The Bertz CT molecular complexity index is 672. The van der Waals surface area contributed by atoms with Crippen LogP contribution in [-0.4, -0.2) is 53.8 Å². The largest absolute Gasteiger partial charge is 0.376 e. The fraction of sp³-hybridized carbons (Fsp3) is 0.579. The number of thioether (sulfide) groups is 2. The predicted octanol–water partition coefficient (Wildman–Crippen LogP) is 4.97. The zero-order valence-corrected chi connectivity index (χ0v) is 18.2. The fourth-order valence-corrected chi connectivity index (χ4v) is 5.86. The molecule has 0 N–H and O–H groups in total. The lowest BCUT2D eigenvalue weighted by Gasteiger charge is -2.41. The number of rotatable bonds is 4. The molecule has 0 atom stereocenters. The Kier molecular flexibility index (Phi) is 6.88. The average Bonchev–Trinajstić information content (AvgIpc) is 3.09. The summed E-state index contributed by atoms with van der Waals surface area (Å²) < 4.78 is 6.09. The van der Waals surface area contributed by atoms with Gasteiger partial charge in [-0.3, -0.25) is 0 Å². The first kappa shape index (κ1) is 20.0. The molecule has 0 amide bonds. The van der Waals surface area contributed by atoms with E-state index in [1.165, 1.54) is 25.7 Å². The van der Waals surface area contributed by atoms with Crippen LogP contribution in [-0.2, 0) is 4.74 Å². The summed E-state index contributed by atoms with van der Waals surface area (Å²) in [4.78, 5) is 9.39. The molecule has 1 aromatic rings. The lowest BCUT2D eigenvalue weighted by atomic mass is 9.88. The Morgan fingerprint density at radius 1 is 1.35 bits per heavy atom. The minimum absolute atomic E-state index is 0.391. The summed E-state index contributed by atoms with van der Waals surface area (Å²) in [7, 11) is 5.82. The number of thiocarbonyl (C=S) groups is 1. The second-order valence-electron chi connectivity index (χ2n) is 7.18. The van der Waals surface area contributed by atoms with Gasteiger partial charge in [0.25, 0.3) is 0 Å². The van der Waals surface area contributed by atoms with Crippen molar-refractivity contribution in [2.24, 2.45) is 10.4 Å². The van der Waals surface area contributed by atoms with Crippen molar-refractivity contribution in [3.8, 4) is 0 Å². The van der Waals surface area contributed by atoms with Crippen LogP contribution >= 0.6 is 35.7 Å². The fourth-order valence-electron chi connectivity index (χ4n) is 3.63. The third kappa shape index (κ3) is 4.55. The van der Waals surface area contributed by atoms with E-state index in [9.17, 15) is 0 Å². The van der Waals surface area contributed by atoms with Crippen LogP contribution in [0.5, 0.6) is 0 Å². The third-order valence-electron chi connectivity index (χ3n) is 5.00. The molecule has 4 nitrogen and oxygen atoms in total. The van der Waals surface area contributed by atoms with Crippen molar-refractivity contribution in [3.05, 3.63) is 24.3 Å². The van der Waals surface area contributed by atoms with Crippen molar-refractivity contribution in [2.75, 3.05) is 44.3 Å². The van der Waals surface area contributed by atoms with E-state index in [2.05, 4.69) is 42.1 Å². The number of hydrogen-bond donors (Lipinski definition) is 0. The van der Waals surface area contributed by atoms with E-state index in [1.807, 2.05) is 17.8 Å². The number of amidine groups is 1. The van der Waals surface area contributed by atoms with E-state index in [0.717, 1.165) is 33.2 Å². The van der Waals surface area contributed by atoms with E-state index in [4.69, 9.17) is 21.9 Å². The van der Waals surface area contributed by atoms with Crippen LogP contribution in [0.4, 0.5) is 11.4 Å². The minimum atomic E-state index is 0.391. The summed E-state index contributed by atoms with van der Waals surface area (Å²) in [6.07, 6.45) is 5.27. The molecule has 0 bridgehead atoms. The minimum Gasteiger partial charge on any atom is -0.376 e. The molecule has 1 saturated carbocycles. The molecule has 1 saturated heterocycles. The van der Waals surface area contributed by atoms with Gasteiger partial charge in [-0.15, -0.1) is 0 Å². The summed E-state index contributed by atoms with van der Waals surface area (Å²) >= 11 is 9.18. The Hall–Kier alpha value is -0.760. The van der Waals surface area contributed by atoms with Gasteiger partial charge < -0.3 is 14.5 Å². The lowest BCUT2D eigenvalue weighted by Crippen LogP contribution is -2.47. The standard InChI is InChI=1S/C19H27N3OS3/c1-21(2)16-9-5-4-8-15(16)20-17-22(18(24)26-14-23-3)12-19(13-25-17)10-6-7-11-19/h4-5,8-9H,6-7,10-14H2,1-3H3. The van der Waals surface area contributed by atoms with Crippen LogP contribution < -0.4 is 4.90 Å². The van der Waals surface area contributed by atoms with Gasteiger partial charge in [0, 0.05) is 33.5 Å². The van der Waals surface area contributed by atoms with Crippen molar-refractivity contribution >= 4 is 56.6 Å². The second-order valence-corrected chi connectivity index (χ2v) is 9.67. The van der Waals surface area contributed by atoms with Gasteiger partial charge in [0.1, 0.15) is 4.32 Å². The van der Waals surface area contributed by atoms with Gasteiger partial charge in [0.15, 0.2) is 5.17 Å². The Labute approximate surface area is 170 Å². The molecule has 1 heterocycles. The van der Waals surface area contributed by atoms with Crippen LogP contribution in [0.1, 0.15) is 25.7 Å². The van der Waals surface area contributed by atoms with Gasteiger partial charge in [-0.2, -0.15) is 0 Å². The van der Waals surface area contributed by atoms with Crippen LogP contribution in [0.25, 0.3) is 0 Å². The molecule has 2 aliphatic rings. The molecule has 1 aliphatic carbocycles. The highest BCUT2D eigenvalue weighted by atomic mass is 32.2. The zero-order valence-electron chi connectivity index (χ0n) is 15.7. The number of anilines is 1. The quantitative estimate of drug-likeness (QED) is 0.515. The van der Waals surface area contributed by atoms with Gasteiger partial charge in [0.05, 0.1) is 17.3 Å². The molecule has 7 heteroatoms. The first-order valence-corrected chi connectivity index (χ1v) is 11.3. The van der Waals surface area contributed by atoms with Crippen molar-refractivity contribution in [1.82, 2.24) is 4.90 Å². The zero-order chi connectivity index (χ0) is 18.6. The van der Waals surface area contributed by atoms with E-state index < -0.39 is 0 Å². The molecule has 1 aromatic carbocycles. The maximum atomic E-state index is 5.74. The number of nitrogens with zero attached hydrogens (tertiary/aromatic N) is 3. The van der Waals surface area contributed by atoms with Crippen LogP contribution in [0.15, 0.2) is 29.3 Å². The number of hydrogen-bond acceptors (Lipinski definition) is 6. The smallest absolute Gasteiger partial charge is 0.170 e. The van der Waals surface area contributed by atoms with Gasteiger partial charge in [0.2, 0.25) is 0 Å². The molecule has 0 unspecified atom stereocenters. The summed E-state index contributed by atoms with van der Waals surface area (Å²) in [5.41, 5.74) is 2.51. The molecular formula is C19H27N3OS3.